The fourth-order valence-electron chi connectivity index (χ4n) is 3.37. The number of hydrogen-bond acceptors (Lipinski definition) is 4. The molecular weight excluding hydrogens is 410 g/mol. The zero-order valence-electron chi connectivity index (χ0n) is 18.7. The van der Waals surface area contributed by atoms with Crippen LogP contribution in [0.5, 0.6) is 17.2 Å². The van der Waals surface area contributed by atoms with Gasteiger partial charge in [-0.1, -0.05) is 42.0 Å². The molecule has 0 unspecified atom stereocenters. The molecule has 0 N–H and O–H groups in total. The smallest absolute Gasteiger partial charge is 0.335 e. The summed E-state index contributed by atoms with van der Waals surface area (Å²) in [6.07, 6.45) is 1.13. The van der Waals surface area contributed by atoms with Crippen molar-refractivity contribution in [2.24, 2.45) is 0 Å². The molecule has 0 bridgehead atoms. The number of anilines is 3. The average Bonchev–Trinajstić information content (AvgIpc) is 2.84. The van der Waals surface area contributed by atoms with E-state index >= 15 is 0 Å². The first kappa shape index (κ1) is 21.9. The molecule has 0 aromatic heterocycles. The van der Waals surface area contributed by atoms with E-state index in [2.05, 4.69) is 73.9 Å². The summed E-state index contributed by atoms with van der Waals surface area (Å²) in [6, 6.07) is 31.8. The fraction of sp³-hybridized carbons (Fsp3) is 0.0690. The molecule has 0 amide bonds. The first-order valence-electron chi connectivity index (χ1n) is 10.7. The molecular formula is C29H25NO3. The second-order valence-electron chi connectivity index (χ2n) is 7.70. The van der Waals surface area contributed by atoms with E-state index in [9.17, 15) is 4.79 Å². The maximum absolute atomic E-state index is 11.3. The number of carbonyl (C=O) groups is 1. The molecule has 0 aliphatic carbocycles. The second kappa shape index (κ2) is 9.88. The summed E-state index contributed by atoms with van der Waals surface area (Å²) in [5.74, 6) is 1.30. The molecule has 0 atom stereocenters. The molecule has 0 aliphatic rings. The lowest BCUT2D eigenvalue weighted by Crippen LogP contribution is -2.09. The van der Waals surface area contributed by atoms with E-state index in [-0.39, 0.29) is 0 Å². The van der Waals surface area contributed by atoms with Gasteiger partial charge in [-0.15, -0.1) is 0 Å². The largest absolute Gasteiger partial charge is 0.457 e. The van der Waals surface area contributed by atoms with E-state index in [0.29, 0.717) is 17.2 Å². The predicted molar refractivity (Wildman–Crippen MR) is 133 cm³/mol. The van der Waals surface area contributed by atoms with Gasteiger partial charge in [0.2, 0.25) is 0 Å². The van der Waals surface area contributed by atoms with Gasteiger partial charge in [-0.05, 0) is 86.6 Å². The Kier molecular flexibility index (Phi) is 6.56. The zero-order valence-corrected chi connectivity index (χ0v) is 18.7. The van der Waals surface area contributed by atoms with Crippen molar-refractivity contribution in [1.82, 2.24) is 0 Å². The molecule has 4 aromatic rings. The van der Waals surface area contributed by atoms with Gasteiger partial charge in [0.05, 0.1) is 0 Å². The molecule has 0 spiro atoms. The molecule has 4 rings (SSSR count). The Morgan fingerprint density at radius 1 is 0.636 bits per heavy atom. The van der Waals surface area contributed by atoms with E-state index in [1.807, 2.05) is 24.3 Å². The highest BCUT2D eigenvalue weighted by Crippen LogP contribution is 2.36. The summed E-state index contributed by atoms with van der Waals surface area (Å²) >= 11 is 0. The minimum Gasteiger partial charge on any atom is -0.457 e. The summed E-state index contributed by atoms with van der Waals surface area (Å²) in [6.45, 7) is 7.56. The lowest BCUT2D eigenvalue weighted by atomic mass is 10.1. The van der Waals surface area contributed by atoms with E-state index < -0.39 is 5.97 Å². The number of hydrogen-bond donors (Lipinski definition) is 0. The third kappa shape index (κ3) is 5.49. The molecule has 4 nitrogen and oxygen atoms in total. The second-order valence-corrected chi connectivity index (χ2v) is 7.70. The highest BCUT2D eigenvalue weighted by Gasteiger charge is 2.12. The van der Waals surface area contributed by atoms with Crippen LogP contribution in [0.15, 0.2) is 110 Å². The molecule has 4 aromatic carbocycles. The van der Waals surface area contributed by atoms with Crippen LogP contribution >= 0.6 is 0 Å². The van der Waals surface area contributed by atoms with Crippen molar-refractivity contribution in [3.63, 3.8) is 0 Å². The fourth-order valence-corrected chi connectivity index (χ4v) is 3.37. The SMILES string of the molecule is C=CC(=O)Oc1ccc(Oc2ccc(N(c3ccc(C)cc3)c3ccc(C)cc3)cc2)cc1. The number of esters is 1. The van der Waals surface area contributed by atoms with E-state index in [4.69, 9.17) is 9.47 Å². The van der Waals surface area contributed by atoms with Crippen molar-refractivity contribution >= 4 is 23.0 Å². The van der Waals surface area contributed by atoms with Gasteiger partial charge in [0, 0.05) is 23.1 Å². The Balaban J connectivity index is 1.56. The number of aryl methyl sites for hydroxylation is 2. The summed E-state index contributed by atoms with van der Waals surface area (Å²) in [5.41, 5.74) is 5.64. The van der Waals surface area contributed by atoms with Crippen LogP contribution in [0.3, 0.4) is 0 Å². The topological polar surface area (TPSA) is 38.8 Å². The van der Waals surface area contributed by atoms with Crippen molar-refractivity contribution in [2.45, 2.75) is 13.8 Å². The minimum absolute atomic E-state index is 0.439. The molecule has 33 heavy (non-hydrogen) atoms. The lowest BCUT2D eigenvalue weighted by molar-refractivity contribution is -0.128. The van der Waals surface area contributed by atoms with Crippen LogP contribution < -0.4 is 14.4 Å². The van der Waals surface area contributed by atoms with E-state index in [1.54, 1.807) is 24.3 Å². The molecule has 0 fully saturated rings. The quantitative estimate of drug-likeness (QED) is 0.170. The van der Waals surface area contributed by atoms with Gasteiger partial charge in [-0.3, -0.25) is 0 Å². The number of ether oxygens (including phenoxy) is 2. The van der Waals surface area contributed by atoms with Gasteiger partial charge in [-0.2, -0.15) is 0 Å². The van der Waals surface area contributed by atoms with Crippen LogP contribution in [0.4, 0.5) is 17.1 Å². The lowest BCUT2D eigenvalue weighted by Gasteiger charge is -2.26. The molecule has 0 saturated heterocycles. The Labute approximate surface area is 194 Å². The molecule has 4 heteroatoms. The molecule has 164 valence electrons. The van der Waals surface area contributed by atoms with Crippen LogP contribution in [-0.4, -0.2) is 5.97 Å². The molecule has 0 radical (unpaired) electrons. The number of nitrogens with zero attached hydrogens (tertiary/aromatic N) is 1. The summed E-state index contributed by atoms with van der Waals surface area (Å²) in [5, 5.41) is 0. The molecule has 0 saturated carbocycles. The molecule has 0 aliphatic heterocycles. The van der Waals surface area contributed by atoms with E-state index in [0.717, 1.165) is 23.1 Å². The summed E-state index contributed by atoms with van der Waals surface area (Å²) in [7, 11) is 0. The normalized spacial score (nSPS) is 10.4. The van der Waals surface area contributed by atoms with Gasteiger partial charge in [0.15, 0.2) is 0 Å². The zero-order chi connectivity index (χ0) is 23.2. The third-order valence-corrected chi connectivity index (χ3v) is 5.12. The average molecular weight is 436 g/mol. The van der Waals surface area contributed by atoms with Gasteiger partial charge in [-0.25, -0.2) is 4.79 Å². The van der Waals surface area contributed by atoms with Crippen molar-refractivity contribution < 1.29 is 14.3 Å². The Morgan fingerprint density at radius 3 is 1.42 bits per heavy atom. The van der Waals surface area contributed by atoms with Crippen molar-refractivity contribution in [3.8, 4) is 17.2 Å². The first-order chi connectivity index (χ1) is 16.0. The van der Waals surface area contributed by atoms with Crippen LogP contribution in [0, 0.1) is 13.8 Å². The van der Waals surface area contributed by atoms with Crippen LogP contribution in [0.1, 0.15) is 11.1 Å². The number of carbonyl (C=O) groups excluding carboxylic acids is 1. The van der Waals surface area contributed by atoms with Crippen LogP contribution in [-0.2, 0) is 4.79 Å². The van der Waals surface area contributed by atoms with Crippen LogP contribution in [0.25, 0.3) is 0 Å². The Morgan fingerprint density at radius 2 is 1.00 bits per heavy atom. The van der Waals surface area contributed by atoms with Gasteiger partial charge >= 0.3 is 5.97 Å². The van der Waals surface area contributed by atoms with Gasteiger partial charge in [0.25, 0.3) is 0 Å². The highest BCUT2D eigenvalue weighted by molar-refractivity contribution is 5.83. The van der Waals surface area contributed by atoms with Gasteiger partial charge < -0.3 is 14.4 Å². The van der Waals surface area contributed by atoms with Gasteiger partial charge in [0.1, 0.15) is 17.2 Å². The maximum atomic E-state index is 11.3. The standard InChI is InChI=1S/C29H25NO3/c1-4-29(31)33-28-19-17-27(18-20-28)32-26-15-13-25(14-16-26)30(23-9-5-21(2)6-10-23)24-11-7-22(3)8-12-24/h4-20H,1H2,2-3H3. The van der Waals surface area contributed by atoms with E-state index in [1.165, 1.54) is 11.1 Å². The number of rotatable bonds is 7. The van der Waals surface area contributed by atoms with Crippen molar-refractivity contribution in [1.29, 1.82) is 0 Å². The highest BCUT2D eigenvalue weighted by atomic mass is 16.5. The number of benzene rings is 4. The van der Waals surface area contributed by atoms with Crippen molar-refractivity contribution in [2.75, 3.05) is 4.90 Å². The van der Waals surface area contributed by atoms with Crippen molar-refractivity contribution in [3.05, 3.63) is 121 Å². The Hall–Kier alpha value is -4.31. The monoisotopic (exact) mass is 435 g/mol. The maximum Gasteiger partial charge on any atom is 0.335 e. The summed E-state index contributed by atoms with van der Waals surface area (Å²) in [4.78, 5) is 13.5. The summed E-state index contributed by atoms with van der Waals surface area (Å²) < 4.78 is 11.1. The predicted octanol–water partition coefficient (Wildman–Crippen LogP) is 7.66. The minimum atomic E-state index is -0.494. The third-order valence-electron chi connectivity index (χ3n) is 5.12. The first-order valence-corrected chi connectivity index (χ1v) is 10.7. The van der Waals surface area contributed by atoms with Crippen LogP contribution in [0.2, 0.25) is 0 Å². The molecule has 0 heterocycles. The Bertz CT molecular complexity index is 1180.